The average molecular weight is 261 g/mol. The Morgan fingerprint density at radius 1 is 1.21 bits per heavy atom. The van der Waals surface area contributed by atoms with Crippen molar-refractivity contribution in [1.29, 1.82) is 0 Å². The molecule has 0 bridgehead atoms. The Kier molecular flexibility index (Phi) is 4.87. The number of benzene rings is 1. The molecule has 1 aromatic rings. The molecule has 0 amide bonds. The Labute approximate surface area is 117 Å². The van der Waals surface area contributed by atoms with Crippen LogP contribution in [0.1, 0.15) is 51.2 Å². The third-order valence-corrected chi connectivity index (χ3v) is 3.65. The molecule has 2 heteroatoms. The number of para-hydroxylation sites is 1. The van der Waals surface area contributed by atoms with E-state index in [0.29, 0.717) is 0 Å². The van der Waals surface area contributed by atoms with Crippen molar-refractivity contribution < 1.29 is 4.74 Å². The summed E-state index contributed by atoms with van der Waals surface area (Å²) in [5.41, 5.74) is 2.74. The first-order valence-corrected chi connectivity index (χ1v) is 7.63. The monoisotopic (exact) mass is 261 g/mol. The third-order valence-electron chi connectivity index (χ3n) is 3.65. The van der Waals surface area contributed by atoms with Crippen molar-refractivity contribution in [2.75, 3.05) is 13.1 Å². The molecule has 2 rings (SSSR count). The van der Waals surface area contributed by atoms with Crippen LogP contribution in [0.4, 0.5) is 0 Å². The zero-order valence-corrected chi connectivity index (χ0v) is 12.6. The van der Waals surface area contributed by atoms with Crippen LogP contribution in [0.5, 0.6) is 5.75 Å². The second kappa shape index (κ2) is 6.42. The molecular weight excluding hydrogens is 234 g/mol. The maximum atomic E-state index is 6.11. The van der Waals surface area contributed by atoms with Crippen LogP contribution in [0.15, 0.2) is 18.2 Å². The van der Waals surface area contributed by atoms with Gasteiger partial charge in [0.25, 0.3) is 0 Å². The predicted octanol–water partition coefficient (Wildman–Crippen LogP) is 3.72. The van der Waals surface area contributed by atoms with Gasteiger partial charge in [-0.25, -0.2) is 0 Å². The second-order valence-electron chi connectivity index (χ2n) is 6.15. The molecule has 1 heterocycles. The van der Waals surface area contributed by atoms with Crippen LogP contribution >= 0.6 is 0 Å². The van der Waals surface area contributed by atoms with E-state index < -0.39 is 0 Å². The highest BCUT2D eigenvalue weighted by molar-refractivity contribution is 5.45. The van der Waals surface area contributed by atoms with Gasteiger partial charge in [0.2, 0.25) is 0 Å². The van der Waals surface area contributed by atoms with Crippen LogP contribution in [0.25, 0.3) is 0 Å². The topological polar surface area (TPSA) is 21.3 Å². The lowest BCUT2D eigenvalue weighted by Crippen LogP contribution is -2.24. The van der Waals surface area contributed by atoms with E-state index in [1.165, 1.54) is 30.4 Å². The van der Waals surface area contributed by atoms with Gasteiger partial charge in [0, 0.05) is 6.42 Å². The fourth-order valence-corrected chi connectivity index (χ4v) is 2.74. The summed E-state index contributed by atoms with van der Waals surface area (Å²) < 4.78 is 6.11. The first kappa shape index (κ1) is 14.4. The van der Waals surface area contributed by atoms with E-state index in [9.17, 15) is 0 Å². The highest BCUT2D eigenvalue weighted by Crippen LogP contribution is 2.37. The maximum Gasteiger partial charge on any atom is 0.126 e. The number of hydrogen-bond acceptors (Lipinski definition) is 2. The Hall–Kier alpha value is -1.02. The molecule has 2 nitrogen and oxygen atoms in total. The quantitative estimate of drug-likeness (QED) is 0.755. The van der Waals surface area contributed by atoms with Gasteiger partial charge in [0.1, 0.15) is 11.4 Å². The van der Waals surface area contributed by atoms with Crippen LogP contribution in [0, 0.1) is 0 Å². The van der Waals surface area contributed by atoms with E-state index in [0.717, 1.165) is 31.7 Å². The molecule has 106 valence electrons. The van der Waals surface area contributed by atoms with Crippen molar-refractivity contribution in [3.63, 3.8) is 0 Å². The van der Waals surface area contributed by atoms with E-state index in [4.69, 9.17) is 4.74 Å². The molecule has 1 aliphatic heterocycles. The highest BCUT2D eigenvalue weighted by Gasteiger charge is 2.31. The van der Waals surface area contributed by atoms with Crippen molar-refractivity contribution in [3.8, 4) is 5.75 Å². The van der Waals surface area contributed by atoms with Crippen LogP contribution in [-0.2, 0) is 12.8 Å². The molecule has 0 spiro atoms. The number of rotatable bonds is 7. The summed E-state index contributed by atoms with van der Waals surface area (Å²) in [7, 11) is 0. The van der Waals surface area contributed by atoms with Crippen LogP contribution in [-0.4, -0.2) is 18.7 Å². The van der Waals surface area contributed by atoms with Gasteiger partial charge in [-0.05, 0) is 63.7 Å². The summed E-state index contributed by atoms with van der Waals surface area (Å²) in [4.78, 5) is 0. The standard InChI is InChI=1S/C17H27NO/c1-4-11-18-12-6-5-8-14-9-7-10-15-13-17(2,3)19-16(14)15/h7,9-10,18H,4-6,8,11-13H2,1-3H3. The average Bonchev–Trinajstić information content (AvgIpc) is 2.68. The number of aryl methyl sites for hydroxylation is 1. The molecule has 0 unspecified atom stereocenters. The van der Waals surface area contributed by atoms with Crippen molar-refractivity contribution in [2.24, 2.45) is 0 Å². The largest absolute Gasteiger partial charge is 0.487 e. The van der Waals surface area contributed by atoms with Crippen LogP contribution < -0.4 is 10.1 Å². The molecule has 0 aliphatic carbocycles. The highest BCUT2D eigenvalue weighted by atomic mass is 16.5. The van der Waals surface area contributed by atoms with Crippen molar-refractivity contribution in [1.82, 2.24) is 5.32 Å². The smallest absolute Gasteiger partial charge is 0.126 e. The normalized spacial score (nSPS) is 16.2. The molecule has 0 atom stereocenters. The fourth-order valence-electron chi connectivity index (χ4n) is 2.74. The third kappa shape index (κ3) is 3.97. The molecule has 0 saturated carbocycles. The van der Waals surface area contributed by atoms with Gasteiger partial charge in [-0.2, -0.15) is 0 Å². The minimum Gasteiger partial charge on any atom is -0.487 e. The zero-order valence-electron chi connectivity index (χ0n) is 12.6. The molecule has 19 heavy (non-hydrogen) atoms. The van der Waals surface area contributed by atoms with Gasteiger partial charge < -0.3 is 10.1 Å². The number of unbranched alkanes of at least 4 members (excludes halogenated alkanes) is 1. The van der Waals surface area contributed by atoms with E-state index in [2.05, 4.69) is 44.3 Å². The molecule has 0 saturated heterocycles. The predicted molar refractivity (Wildman–Crippen MR) is 81.0 cm³/mol. The van der Waals surface area contributed by atoms with Crippen molar-refractivity contribution >= 4 is 0 Å². The van der Waals surface area contributed by atoms with Crippen molar-refractivity contribution in [2.45, 2.75) is 58.5 Å². The minimum atomic E-state index is -0.0267. The summed E-state index contributed by atoms with van der Waals surface area (Å²) in [6.45, 7) is 8.82. The summed E-state index contributed by atoms with van der Waals surface area (Å²) in [6, 6.07) is 6.60. The van der Waals surface area contributed by atoms with E-state index in [1.54, 1.807) is 0 Å². The maximum absolute atomic E-state index is 6.11. The zero-order chi connectivity index (χ0) is 13.7. The minimum absolute atomic E-state index is 0.0267. The van der Waals surface area contributed by atoms with Gasteiger partial charge >= 0.3 is 0 Å². The van der Waals surface area contributed by atoms with Crippen molar-refractivity contribution in [3.05, 3.63) is 29.3 Å². The SMILES string of the molecule is CCCNCCCCc1cccc2c1OC(C)(C)C2. The number of fused-ring (bicyclic) bond motifs is 1. The van der Waals surface area contributed by atoms with E-state index >= 15 is 0 Å². The Balaban J connectivity index is 1.84. The van der Waals surface area contributed by atoms with Crippen LogP contribution in [0.3, 0.4) is 0 Å². The first-order chi connectivity index (χ1) is 9.12. The Bertz CT molecular complexity index is 412. The first-order valence-electron chi connectivity index (χ1n) is 7.63. The second-order valence-corrected chi connectivity index (χ2v) is 6.15. The lowest BCUT2D eigenvalue weighted by molar-refractivity contribution is 0.137. The Morgan fingerprint density at radius 2 is 2.05 bits per heavy atom. The molecule has 1 N–H and O–H groups in total. The van der Waals surface area contributed by atoms with Gasteiger partial charge in [0.05, 0.1) is 0 Å². The van der Waals surface area contributed by atoms with Crippen LogP contribution in [0.2, 0.25) is 0 Å². The van der Waals surface area contributed by atoms with E-state index in [-0.39, 0.29) is 5.60 Å². The number of ether oxygens (including phenoxy) is 1. The molecule has 0 fully saturated rings. The lowest BCUT2D eigenvalue weighted by atomic mass is 9.99. The molecule has 0 radical (unpaired) electrons. The fraction of sp³-hybridized carbons (Fsp3) is 0.647. The van der Waals surface area contributed by atoms with Gasteiger partial charge in [-0.3, -0.25) is 0 Å². The summed E-state index contributed by atoms with van der Waals surface area (Å²) in [5.74, 6) is 1.16. The summed E-state index contributed by atoms with van der Waals surface area (Å²) >= 11 is 0. The van der Waals surface area contributed by atoms with Gasteiger partial charge in [-0.15, -0.1) is 0 Å². The number of nitrogens with one attached hydrogen (secondary N) is 1. The van der Waals surface area contributed by atoms with E-state index in [1.807, 2.05) is 0 Å². The van der Waals surface area contributed by atoms with Gasteiger partial charge in [-0.1, -0.05) is 25.1 Å². The Morgan fingerprint density at radius 3 is 2.84 bits per heavy atom. The molecule has 0 aromatic heterocycles. The molecule has 1 aromatic carbocycles. The summed E-state index contributed by atoms with van der Waals surface area (Å²) in [6.07, 6.45) is 5.86. The molecule has 1 aliphatic rings. The molecular formula is C17H27NO. The van der Waals surface area contributed by atoms with Gasteiger partial charge in [0.15, 0.2) is 0 Å². The number of hydrogen-bond donors (Lipinski definition) is 1. The summed E-state index contributed by atoms with van der Waals surface area (Å²) in [5, 5.41) is 3.46. The lowest BCUT2D eigenvalue weighted by Gasteiger charge is -2.18.